The maximum Gasteiger partial charge on any atom is 0.410 e. The fourth-order valence-corrected chi connectivity index (χ4v) is 4.04. The Morgan fingerprint density at radius 3 is 2.34 bits per heavy atom. The molecule has 0 aliphatic carbocycles. The van der Waals surface area contributed by atoms with Crippen LogP contribution in [0.4, 0.5) is 9.59 Å². The lowest BCUT2D eigenvalue weighted by atomic mass is 9.80. The predicted octanol–water partition coefficient (Wildman–Crippen LogP) is 3.41. The molecular formula is C22H32N2O5. The lowest BCUT2D eigenvalue weighted by molar-refractivity contribution is -0.0368. The molecule has 3 rings (SSSR count). The highest BCUT2D eigenvalue weighted by Crippen LogP contribution is 2.36. The van der Waals surface area contributed by atoms with Crippen LogP contribution >= 0.6 is 0 Å². The molecule has 2 heterocycles. The van der Waals surface area contributed by atoms with Gasteiger partial charge in [-0.2, -0.15) is 0 Å². The summed E-state index contributed by atoms with van der Waals surface area (Å²) in [6.07, 6.45) is 1.23. The molecule has 1 unspecified atom stereocenters. The average molecular weight is 405 g/mol. The number of aliphatic hydroxyl groups is 1. The van der Waals surface area contributed by atoms with Gasteiger partial charge in [-0.05, 0) is 51.5 Å². The Hall–Kier alpha value is -2.28. The Morgan fingerprint density at radius 1 is 1.07 bits per heavy atom. The summed E-state index contributed by atoms with van der Waals surface area (Å²) in [4.78, 5) is 27.9. The minimum atomic E-state index is -0.920. The zero-order chi connectivity index (χ0) is 21.1. The Balaban J connectivity index is 1.46. The Bertz CT molecular complexity index is 710. The number of benzene rings is 1. The number of hydrogen-bond donors (Lipinski definition) is 1. The summed E-state index contributed by atoms with van der Waals surface area (Å²) < 4.78 is 10.8. The first-order chi connectivity index (χ1) is 13.7. The van der Waals surface area contributed by atoms with E-state index in [-0.39, 0.29) is 31.3 Å². The van der Waals surface area contributed by atoms with Gasteiger partial charge in [0.05, 0.1) is 12.1 Å². The van der Waals surface area contributed by atoms with Gasteiger partial charge in [-0.15, -0.1) is 0 Å². The van der Waals surface area contributed by atoms with Crippen molar-refractivity contribution in [1.29, 1.82) is 0 Å². The number of amides is 2. The maximum atomic E-state index is 12.3. The molecule has 2 fully saturated rings. The lowest BCUT2D eigenvalue weighted by Crippen LogP contribution is -2.49. The largest absolute Gasteiger partial charge is 0.445 e. The molecule has 29 heavy (non-hydrogen) atoms. The van der Waals surface area contributed by atoms with E-state index in [4.69, 9.17) is 9.47 Å². The van der Waals surface area contributed by atoms with Gasteiger partial charge >= 0.3 is 12.2 Å². The molecule has 0 radical (unpaired) electrons. The monoisotopic (exact) mass is 404 g/mol. The molecule has 0 saturated carbocycles. The summed E-state index contributed by atoms with van der Waals surface area (Å²) >= 11 is 0. The van der Waals surface area contributed by atoms with Crippen LogP contribution in [-0.2, 0) is 16.1 Å². The van der Waals surface area contributed by atoms with Gasteiger partial charge < -0.3 is 24.4 Å². The first kappa shape index (κ1) is 21.4. The van der Waals surface area contributed by atoms with Gasteiger partial charge in [0.2, 0.25) is 0 Å². The molecule has 0 spiro atoms. The van der Waals surface area contributed by atoms with E-state index < -0.39 is 11.2 Å². The number of hydrogen-bond acceptors (Lipinski definition) is 5. The van der Waals surface area contributed by atoms with Gasteiger partial charge in [-0.3, -0.25) is 0 Å². The van der Waals surface area contributed by atoms with E-state index in [0.717, 1.165) is 5.56 Å². The van der Waals surface area contributed by atoms with Crippen molar-refractivity contribution in [2.24, 2.45) is 5.92 Å². The third-order valence-corrected chi connectivity index (χ3v) is 5.65. The zero-order valence-electron chi connectivity index (χ0n) is 17.6. The van der Waals surface area contributed by atoms with Gasteiger partial charge in [0, 0.05) is 19.6 Å². The smallest absolute Gasteiger partial charge is 0.410 e. The number of likely N-dealkylation sites (tertiary alicyclic amines) is 2. The molecule has 160 valence electrons. The summed E-state index contributed by atoms with van der Waals surface area (Å²) in [5.41, 5.74) is -0.515. The second-order valence-electron chi connectivity index (χ2n) is 9.06. The average Bonchev–Trinajstić information content (AvgIpc) is 3.09. The van der Waals surface area contributed by atoms with Gasteiger partial charge in [0.15, 0.2) is 0 Å². The highest BCUT2D eigenvalue weighted by Gasteiger charge is 2.46. The number of rotatable bonds is 3. The van der Waals surface area contributed by atoms with E-state index in [2.05, 4.69) is 0 Å². The summed E-state index contributed by atoms with van der Waals surface area (Å²) in [6.45, 7) is 7.63. The van der Waals surface area contributed by atoms with Crippen LogP contribution in [-0.4, -0.2) is 64.5 Å². The van der Waals surface area contributed by atoms with Gasteiger partial charge in [-0.25, -0.2) is 9.59 Å². The van der Waals surface area contributed by atoms with E-state index in [0.29, 0.717) is 38.9 Å². The van der Waals surface area contributed by atoms with Gasteiger partial charge in [-0.1, -0.05) is 30.3 Å². The molecule has 1 N–H and O–H groups in total. The quantitative estimate of drug-likeness (QED) is 0.835. The van der Waals surface area contributed by atoms with Crippen molar-refractivity contribution < 1.29 is 24.2 Å². The molecule has 1 aromatic rings. The van der Waals surface area contributed by atoms with Crippen molar-refractivity contribution in [2.45, 2.75) is 57.8 Å². The van der Waals surface area contributed by atoms with E-state index in [1.54, 1.807) is 9.80 Å². The summed E-state index contributed by atoms with van der Waals surface area (Å²) in [5, 5.41) is 11.1. The standard InChI is InChI=1S/C22H32N2O5/c1-21(2,3)29-20(26)24-14-11-22(27,16-24)18-9-12-23(13-10-18)19(25)28-15-17-7-5-4-6-8-17/h4-8,18,27H,9-16H2,1-3H3. The highest BCUT2D eigenvalue weighted by molar-refractivity contribution is 5.69. The molecule has 0 aromatic heterocycles. The topological polar surface area (TPSA) is 79.3 Å². The summed E-state index contributed by atoms with van der Waals surface area (Å²) in [5.74, 6) is 0.0492. The van der Waals surface area contributed by atoms with Crippen LogP contribution < -0.4 is 0 Å². The Labute approximate surface area is 172 Å². The Morgan fingerprint density at radius 2 is 1.72 bits per heavy atom. The molecule has 2 amide bonds. The summed E-state index contributed by atoms with van der Waals surface area (Å²) in [6, 6.07) is 9.60. The van der Waals surface area contributed by atoms with Gasteiger partial charge in [0.25, 0.3) is 0 Å². The molecule has 7 heteroatoms. The third-order valence-electron chi connectivity index (χ3n) is 5.65. The molecule has 2 saturated heterocycles. The highest BCUT2D eigenvalue weighted by atomic mass is 16.6. The van der Waals surface area contributed by atoms with E-state index in [1.807, 2.05) is 51.1 Å². The van der Waals surface area contributed by atoms with Crippen molar-refractivity contribution in [2.75, 3.05) is 26.2 Å². The summed E-state index contributed by atoms with van der Waals surface area (Å²) in [7, 11) is 0. The minimum absolute atomic E-state index is 0.0492. The zero-order valence-corrected chi connectivity index (χ0v) is 17.6. The van der Waals surface area contributed by atoms with Crippen molar-refractivity contribution in [1.82, 2.24) is 9.80 Å². The van der Waals surface area contributed by atoms with Crippen molar-refractivity contribution >= 4 is 12.2 Å². The first-order valence-electron chi connectivity index (χ1n) is 10.3. The number of piperidine rings is 1. The van der Waals surface area contributed by atoms with Crippen LogP contribution in [0.5, 0.6) is 0 Å². The number of nitrogens with zero attached hydrogens (tertiary/aromatic N) is 2. The molecular weight excluding hydrogens is 372 g/mol. The Kier molecular flexibility index (Phi) is 6.36. The number of carbonyl (C=O) groups excluding carboxylic acids is 2. The molecule has 1 aromatic carbocycles. The third kappa shape index (κ3) is 5.63. The van der Waals surface area contributed by atoms with E-state index >= 15 is 0 Å². The lowest BCUT2D eigenvalue weighted by Gasteiger charge is -2.39. The van der Waals surface area contributed by atoms with Crippen molar-refractivity contribution in [3.8, 4) is 0 Å². The molecule has 1 atom stereocenters. The molecule has 2 aliphatic rings. The van der Waals surface area contributed by atoms with Crippen molar-refractivity contribution in [3.05, 3.63) is 35.9 Å². The van der Waals surface area contributed by atoms with Crippen LogP contribution in [0.3, 0.4) is 0 Å². The van der Waals surface area contributed by atoms with E-state index in [1.165, 1.54) is 0 Å². The first-order valence-corrected chi connectivity index (χ1v) is 10.3. The van der Waals surface area contributed by atoms with Crippen LogP contribution in [0, 0.1) is 5.92 Å². The SMILES string of the molecule is CC(C)(C)OC(=O)N1CCC(O)(C2CCN(C(=O)OCc3ccccc3)CC2)C1. The second-order valence-corrected chi connectivity index (χ2v) is 9.06. The van der Waals surface area contributed by atoms with Crippen LogP contribution in [0.25, 0.3) is 0 Å². The number of β-amino-alcohol motifs (C(OH)–C–C–N with tert-alkyl or cyclic N) is 1. The molecule has 2 aliphatic heterocycles. The number of carbonyl (C=O) groups is 2. The maximum absolute atomic E-state index is 12.3. The van der Waals surface area contributed by atoms with Crippen LogP contribution in [0.2, 0.25) is 0 Å². The van der Waals surface area contributed by atoms with Crippen LogP contribution in [0.1, 0.15) is 45.6 Å². The van der Waals surface area contributed by atoms with Gasteiger partial charge in [0.1, 0.15) is 12.2 Å². The number of ether oxygens (including phenoxy) is 2. The van der Waals surface area contributed by atoms with Crippen molar-refractivity contribution in [3.63, 3.8) is 0 Å². The molecule has 0 bridgehead atoms. The fraction of sp³-hybridized carbons (Fsp3) is 0.636. The second kappa shape index (κ2) is 8.61. The molecule has 7 nitrogen and oxygen atoms in total. The predicted molar refractivity (Wildman–Crippen MR) is 108 cm³/mol. The fourth-order valence-electron chi connectivity index (χ4n) is 4.04. The minimum Gasteiger partial charge on any atom is -0.445 e. The van der Waals surface area contributed by atoms with E-state index in [9.17, 15) is 14.7 Å². The normalized spacial score (nSPS) is 23.2. The van der Waals surface area contributed by atoms with Crippen LogP contribution in [0.15, 0.2) is 30.3 Å².